The zero-order valence-corrected chi connectivity index (χ0v) is 10.5. The molecule has 2 nitrogen and oxygen atoms in total. The summed E-state index contributed by atoms with van der Waals surface area (Å²) in [5.74, 6) is 0.430. The highest BCUT2D eigenvalue weighted by molar-refractivity contribution is 8.00. The molecule has 0 saturated carbocycles. The molecule has 0 fully saturated rings. The van der Waals surface area contributed by atoms with E-state index in [0.29, 0.717) is 15.8 Å². The minimum Gasteiger partial charge on any atom is -0.377 e. The Balaban J connectivity index is 2.51. The van der Waals surface area contributed by atoms with Gasteiger partial charge in [0.1, 0.15) is 6.61 Å². The first-order chi connectivity index (χ1) is 7.13. The first kappa shape index (κ1) is 12.8. The van der Waals surface area contributed by atoms with Crippen molar-refractivity contribution in [2.75, 3.05) is 19.5 Å². The third kappa shape index (κ3) is 4.43. The number of ether oxygens (including phenoxy) is 1. The van der Waals surface area contributed by atoms with Crippen LogP contribution in [0, 0.1) is 0 Å². The Bertz CT molecular complexity index is 355. The molecule has 0 heterocycles. The van der Waals surface area contributed by atoms with Crippen molar-refractivity contribution in [2.24, 2.45) is 0 Å². The maximum absolute atomic E-state index is 11.2. The predicted octanol–water partition coefficient (Wildman–Crippen LogP) is 3.30. The summed E-state index contributed by atoms with van der Waals surface area (Å²) >= 11 is 13.0. The van der Waals surface area contributed by atoms with Crippen molar-refractivity contribution < 1.29 is 9.53 Å². The highest BCUT2D eigenvalue weighted by Crippen LogP contribution is 2.27. The Hall–Kier alpha value is -0.220. The molecule has 0 spiro atoms. The predicted molar refractivity (Wildman–Crippen MR) is 64.1 cm³/mol. The fourth-order valence-electron chi connectivity index (χ4n) is 0.933. The molecule has 0 aromatic heterocycles. The van der Waals surface area contributed by atoms with Gasteiger partial charge in [0.15, 0.2) is 5.78 Å². The minimum absolute atomic E-state index is 0.0496. The Labute approximate surface area is 103 Å². The molecule has 0 unspecified atom stereocenters. The number of hydrogen-bond donors (Lipinski definition) is 0. The molecule has 1 aromatic carbocycles. The van der Waals surface area contributed by atoms with Gasteiger partial charge in [-0.25, -0.2) is 0 Å². The van der Waals surface area contributed by atoms with Crippen molar-refractivity contribution in [3.05, 3.63) is 28.2 Å². The van der Waals surface area contributed by atoms with Crippen LogP contribution in [-0.4, -0.2) is 25.3 Å². The van der Waals surface area contributed by atoms with E-state index in [1.54, 1.807) is 12.1 Å². The van der Waals surface area contributed by atoms with Crippen LogP contribution in [0.2, 0.25) is 10.0 Å². The third-order valence-electron chi connectivity index (χ3n) is 1.60. The van der Waals surface area contributed by atoms with Crippen LogP contribution >= 0.6 is 35.0 Å². The van der Waals surface area contributed by atoms with Gasteiger partial charge in [-0.3, -0.25) is 4.79 Å². The van der Waals surface area contributed by atoms with Crippen LogP contribution < -0.4 is 0 Å². The first-order valence-corrected chi connectivity index (χ1v) is 5.96. The molecular weight excluding hydrogens is 255 g/mol. The maximum atomic E-state index is 11.2. The van der Waals surface area contributed by atoms with E-state index in [0.717, 1.165) is 4.90 Å². The summed E-state index contributed by atoms with van der Waals surface area (Å²) in [7, 11) is 1.50. The molecule has 0 bridgehead atoms. The Morgan fingerprint density at radius 1 is 1.40 bits per heavy atom. The van der Waals surface area contributed by atoms with Gasteiger partial charge in [-0.05, 0) is 18.2 Å². The molecule has 0 saturated heterocycles. The minimum atomic E-state index is 0.0496. The van der Waals surface area contributed by atoms with Gasteiger partial charge in [0.2, 0.25) is 0 Å². The lowest BCUT2D eigenvalue weighted by Gasteiger charge is -2.02. The van der Waals surface area contributed by atoms with E-state index in [4.69, 9.17) is 27.9 Å². The van der Waals surface area contributed by atoms with Crippen LogP contribution in [0.5, 0.6) is 0 Å². The van der Waals surface area contributed by atoms with Gasteiger partial charge < -0.3 is 4.74 Å². The Morgan fingerprint density at radius 3 is 2.73 bits per heavy atom. The van der Waals surface area contributed by atoms with E-state index in [1.165, 1.54) is 18.9 Å². The van der Waals surface area contributed by atoms with Crippen LogP contribution in [0.25, 0.3) is 0 Å². The molecule has 82 valence electrons. The molecule has 0 radical (unpaired) electrons. The quantitative estimate of drug-likeness (QED) is 0.764. The van der Waals surface area contributed by atoms with Crippen LogP contribution in [0.3, 0.4) is 0 Å². The molecule has 0 aliphatic carbocycles. The molecular formula is C10H10Cl2O2S. The number of hydrogen-bond acceptors (Lipinski definition) is 3. The monoisotopic (exact) mass is 264 g/mol. The molecule has 15 heavy (non-hydrogen) atoms. The van der Waals surface area contributed by atoms with Crippen molar-refractivity contribution >= 4 is 40.7 Å². The van der Waals surface area contributed by atoms with Gasteiger partial charge in [0.25, 0.3) is 0 Å². The summed E-state index contributed by atoms with van der Waals surface area (Å²) in [6.45, 7) is 0.147. The summed E-state index contributed by atoms with van der Waals surface area (Å²) < 4.78 is 4.72. The van der Waals surface area contributed by atoms with Crippen LogP contribution in [0.4, 0.5) is 0 Å². The molecule has 1 aromatic rings. The summed E-state index contributed by atoms with van der Waals surface area (Å²) in [5.41, 5.74) is 0. The Kier molecular flexibility index (Phi) is 5.47. The number of carbonyl (C=O) groups is 1. The third-order valence-corrected chi connectivity index (χ3v) is 3.39. The van der Waals surface area contributed by atoms with E-state index in [2.05, 4.69) is 0 Å². The summed E-state index contributed by atoms with van der Waals surface area (Å²) in [4.78, 5) is 12.1. The van der Waals surface area contributed by atoms with Crippen molar-refractivity contribution in [2.45, 2.75) is 4.90 Å². The molecule has 0 N–H and O–H groups in total. The smallest absolute Gasteiger partial charge is 0.168 e. The van der Waals surface area contributed by atoms with E-state index >= 15 is 0 Å². The molecule has 0 atom stereocenters. The molecule has 0 aliphatic rings. The van der Waals surface area contributed by atoms with Gasteiger partial charge in [-0.1, -0.05) is 23.2 Å². The number of rotatable bonds is 5. The van der Waals surface area contributed by atoms with Gasteiger partial charge in [-0.2, -0.15) is 0 Å². The van der Waals surface area contributed by atoms with E-state index in [9.17, 15) is 4.79 Å². The zero-order chi connectivity index (χ0) is 11.3. The first-order valence-electron chi connectivity index (χ1n) is 4.22. The number of halogens is 2. The number of benzene rings is 1. The highest BCUT2D eigenvalue weighted by Gasteiger charge is 2.04. The maximum Gasteiger partial charge on any atom is 0.168 e. The second-order valence-corrected chi connectivity index (χ2v) is 4.70. The number of thioether (sulfide) groups is 1. The number of Topliss-reactive ketones (excluding diaryl/α,β-unsaturated/α-hetero) is 1. The van der Waals surface area contributed by atoms with E-state index in [1.807, 2.05) is 6.07 Å². The standard InChI is InChI=1S/C10H10Cl2O2S/c1-14-5-7(13)6-15-8-2-3-9(11)10(12)4-8/h2-4H,5-6H2,1H3. The van der Waals surface area contributed by atoms with Crippen LogP contribution in [-0.2, 0) is 9.53 Å². The van der Waals surface area contributed by atoms with Crippen molar-refractivity contribution in [3.63, 3.8) is 0 Å². The molecule has 5 heteroatoms. The van der Waals surface area contributed by atoms with Gasteiger partial charge in [-0.15, -0.1) is 11.8 Å². The summed E-state index contributed by atoms with van der Waals surface area (Å²) in [6.07, 6.45) is 0. The normalized spacial score (nSPS) is 10.3. The van der Waals surface area contributed by atoms with Crippen molar-refractivity contribution in [1.82, 2.24) is 0 Å². The van der Waals surface area contributed by atoms with Crippen molar-refractivity contribution in [1.29, 1.82) is 0 Å². The summed E-state index contributed by atoms with van der Waals surface area (Å²) in [6, 6.07) is 5.29. The largest absolute Gasteiger partial charge is 0.377 e. The number of methoxy groups -OCH3 is 1. The fraction of sp³-hybridized carbons (Fsp3) is 0.300. The molecule has 0 amide bonds. The van der Waals surface area contributed by atoms with Gasteiger partial charge >= 0.3 is 0 Å². The highest BCUT2D eigenvalue weighted by atomic mass is 35.5. The van der Waals surface area contributed by atoms with Crippen molar-refractivity contribution in [3.8, 4) is 0 Å². The van der Waals surface area contributed by atoms with Crippen LogP contribution in [0.1, 0.15) is 0 Å². The second kappa shape index (κ2) is 6.38. The lowest BCUT2D eigenvalue weighted by Crippen LogP contribution is -2.08. The zero-order valence-electron chi connectivity index (χ0n) is 8.13. The van der Waals surface area contributed by atoms with Crippen LogP contribution in [0.15, 0.2) is 23.1 Å². The Morgan fingerprint density at radius 2 is 2.13 bits per heavy atom. The number of ketones is 1. The fourth-order valence-corrected chi connectivity index (χ4v) is 2.07. The lowest BCUT2D eigenvalue weighted by molar-refractivity contribution is -0.120. The van der Waals surface area contributed by atoms with Gasteiger partial charge in [0, 0.05) is 12.0 Å². The molecule has 1 rings (SSSR count). The van der Waals surface area contributed by atoms with E-state index in [-0.39, 0.29) is 12.4 Å². The number of carbonyl (C=O) groups excluding carboxylic acids is 1. The SMILES string of the molecule is COCC(=O)CSc1ccc(Cl)c(Cl)c1. The van der Waals surface area contributed by atoms with E-state index < -0.39 is 0 Å². The van der Waals surface area contributed by atoms with Gasteiger partial charge in [0.05, 0.1) is 15.8 Å². The second-order valence-electron chi connectivity index (χ2n) is 2.84. The topological polar surface area (TPSA) is 26.3 Å². The molecule has 0 aliphatic heterocycles. The average Bonchev–Trinajstić information content (AvgIpc) is 2.20. The average molecular weight is 265 g/mol. The summed E-state index contributed by atoms with van der Waals surface area (Å²) in [5, 5.41) is 1.02. The lowest BCUT2D eigenvalue weighted by atomic mass is 10.4.